The number of ether oxygens (including phenoxy) is 1. The lowest BCUT2D eigenvalue weighted by Crippen LogP contribution is -2.64. The summed E-state index contributed by atoms with van der Waals surface area (Å²) in [7, 11) is -5.84. The number of carbonyl (C=O) groups excluding carboxylic acids is 2. The molecule has 0 amide bonds. The molecule has 13 heteroatoms. The van der Waals surface area contributed by atoms with Gasteiger partial charge in [-0.25, -0.2) is 0 Å². The van der Waals surface area contributed by atoms with Crippen LogP contribution in [0, 0.1) is 23.2 Å². The third kappa shape index (κ3) is 3.87. The summed E-state index contributed by atoms with van der Waals surface area (Å²) in [5.41, 5.74) is -7.26. The lowest BCUT2D eigenvalue weighted by Gasteiger charge is -2.38. The average molecular weight is 440 g/mol. The second kappa shape index (κ2) is 6.57. The Balaban J connectivity index is 2.40. The fourth-order valence-corrected chi connectivity index (χ4v) is 5.05. The van der Waals surface area contributed by atoms with Crippen molar-refractivity contribution in [2.24, 2.45) is 23.2 Å². The molecule has 0 bridgehead atoms. The van der Waals surface area contributed by atoms with Crippen molar-refractivity contribution in [2.75, 3.05) is 5.75 Å². The van der Waals surface area contributed by atoms with Gasteiger partial charge < -0.3 is 4.74 Å². The molecule has 0 radical (unpaired) electrons. The van der Waals surface area contributed by atoms with E-state index in [1.54, 1.807) is 6.92 Å². The summed E-state index contributed by atoms with van der Waals surface area (Å²) in [5.74, 6) is -6.44. The molecule has 0 saturated heterocycles. The number of alkyl halides is 6. The first kappa shape index (κ1) is 22.9. The van der Waals surface area contributed by atoms with Gasteiger partial charge in [-0.1, -0.05) is 6.92 Å². The smallest absolute Gasteiger partial charge is 0.438 e. The van der Waals surface area contributed by atoms with Crippen molar-refractivity contribution in [2.45, 2.75) is 51.1 Å². The number of esters is 1. The van der Waals surface area contributed by atoms with Gasteiger partial charge >= 0.3 is 23.9 Å². The molecule has 2 saturated carbocycles. The molecule has 6 nitrogen and oxygen atoms in total. The Bertz CT molecular complexity index is 759. The predicted molar refractivity (Wildman–Crippen MR) is 80.5 cm³/mol. The third-order valence-electron chi connectivity index (χ3n) is 5.52. The van der Waals surface area contributed by atoms with E-state index in [-0.39, 0.29) is 30.5 Å². The summed E-state index contributed by atoms with van der Waals surface area (Å²) in [6.07, 6.45) is -12.8. The molecule has 4 unspecified atom stereocenters. The van der Waals surface area contributed by atoms with Crippen LogP contribution in [0.1, 0.15) is 33.1 Å². The van der Waals surface area contributed by atoms with Gasteiger partial charge in [-0.3, -0.25) is 14.1 Å². The highest BCUT2D eigenvalue weighted by atomic mass is 32.2. The number of carbonyl (C=O) groups is 2. The van der Waals surface area contributed by atoms with Crippen molar-refractivity contribution in [3.8, 4) is 0 Å². The molecule has 2 aliphatic rings. The molecule has 0 aliphatic heterocycles. The zero-order chi connectivity index (χ0) is 21.9. The van der Waals surface area contributed by atoms with E-state index in [0.717, 1.165) is 6.92 Å². The van der Waals surface area contributed by atoms with E-state index in [2.05, 4.69) is 4.74 Å². The van der Waals surface area contributed by atoms with E-state index >= 15 is 0 Å². The second-order valence-corrected chi connectivity index (χ2v) is 9.27. The summed E-state index contributed by atoms with van der Waals surface area (Å²) in [5, 5.41) is 0. The fourth-order valence-electron chi connectivity index (χ4n) is 4.15. The molecule has 1 N–H and O–H groups in total. The number of Topliss-reactive ketones (excluding diaryl/α,β-unsaturated/α-hetero) is 1. The van der Waals surface area contributed by atoms with Gasteiger partial charge in [0.1, 0.15) is 11.5 Å². The first-order chi connectivity index (χ1) is 12.3. The van der Waals surface area contributed by atoms with Crippen molar-refractivity contribution in [3.63, 3.8) is 0 Å². The number of rotatable bonds is 4. The minimum absolute atomic E-state index is 0.162. The van der Waals surface area contributed by atoms with E-state index in [0.29, 0.717) is 6.42 Å². The maximum atomic E-state index is 13.3. The van der Waals surface area contributed by atoms with Crippen LogP contribution in [-0.2, 0) is 24.4 Å². The van der Waals surface area contributed by atoms with E-state index in [4.69, 9.17) is 4.55 Å². The molecule has 0 aromatic heterocycles. The Morgan fingerprint density at radius 2 is 1.68 bits per heavy atom. The standard InChI is InChI=1S/C15H18F6O6S/c1-7-3-8-4-12(2,5-9(8)10(7)22)11(23)27-13(14(16,17)18,15(19,20)21)6-28(24,25)26/h7-9H,3-6H2,1-2H3,(H,24,25,26). The van der Waals surface area contributed by atoms with Crippen LogP contribution in [0.15, 0.2) is 0 Å². The van der Waals surface area contributed by atoms with Gasteiger partial charge in [-0.05, 0) is 32.1 Å². The Hall–Kier alpha value is -1.37. The molecule has 0 spiro atoms. The molecule has 0 aromatic carbocycles. The first-order valence-electron chi connectivity index (χ1n) is 8.19. The second-order valence-electron chi connectivity index (χ2n) is 7.81. The maximum absolute atomic E-state index is 13.3. The minimum Gasteiger partial charge on any atom is -0.438 e. The highest BCUT2D eigenvalue weighted by molar-refractivity contribution is 7.85. The highest BCUT2D eigenvalue weighted by Crippen LogP contribution is 2.55. The van der Waals surface area contributed by atoms with E-state index < -0.39 is 51.1 Å². The van der Waals surface area contributed by atoms with Crippen molar-refractivity contribution in [3.05, 3.63) is 0 Å². The van der Waals surface area contributed by atoms with Gasteiger partial charge in [-0.2, -0.15) is 34.8 Å². The van der Waals surface area contributed by atoms with Crippen LogP contribution < -0.4 is 0 Å². The molecule has 0 aromatic rings. The van der Waals surface area contributed by atoms with E-state index in [1.807, 2.05) is 0 Å². The topological polar surface area (TPSA) is 97.7 Å². The first-order valence-corrected chi connectivity index (χ1v) is 9.80. The molecule has 2 fully saturated rings. The maximum Gasteiger partial charge on any atom is 0.438 e. The molecule has 2 rings (SSSR count). The van der Waals surface area contributed by atoms with Crippen LogP contribution in [0.25, 0.3) is 0 Å². The number of ketones is 1. The lowest BCUT2D eigenvalue weighted by molar-refractivity contribution is -0.363. The van der Waals surface area contributed by atoms with Crippen LogP contribution >= 0.6 is 0 Å². The molecular formula is C15H18F6O6S. The lowest BCUT2D eigenvalue weighted by atomic mass is 9.84. The largest absolute Gasteiger partial charge is 0.438 e. The van der Waals surface area contributed by atoms with Gasteiger partial charge in [-0.15, -0.1) is 0 Å². The van der Waals surface area contributed by atoms with E-state index in [9.17, 15) is 44.3 Å². The van der Waals surface area contributed by atoms with Crippen LogP contribution in [0.4, 0.5) is 26.3 Å². The number of hydrogen-bond donors (Lipinski definition) is 1. The van der Waals surface area contributed by atoms with Gasteiger partial charge in [0.05, 0.1) is 5.41 Å². The Kier molecular flexibility index (Phi) is 5.38. The number of halogens is 6. The minimum atomic E-state index is -6.37. The summed E-state index contributed by atoms with van der Waals surface area (Å²) in [6.45, 7) is 2.72. The van der Waals surface area contributed by atoms with Gasteiger partial charge in [0.15, 0.2) is 0 Å². The summed E-state index contributed by atoms with van der Waals surface area (Å²) >= 11 is 0. The van der Waals surface area contributed by atoms with Crippen molar-refractivity contribution in [1.82, 2.24) is 0 Å². The summed E-state index contributed by atoms with van der Waals surface area (Å²) in [6, 6.07) is 0. The molecular weight excluding hydrogens is 422 g/mol. The molecule has 28 heavy (non-hydrogen) atoms. The van der Waals surface area contributed by atoms with Gasteiger partial charge in [0, 0.05) is 11.8 Å². The van der Waals surface area contributed by atoms with Crippen molar-refractivity contribution >= 4 is 21.9 Å². The van der Waals surface area contributed by atoms with Gasteiger partial charge in [0.2, 0.25) is 0 Å². The van der Waals surface area contributed by atoms with Crippen molar-refractivity contribution in [1.29, 1.82) is 0 Å². The Morgan fingerprint density at radius 3 is 2.07 bits per heavy atom. The molecule has 162 valence electrons. The van der Waals surface area contributed by atoms with Crippen LogP contribution in [0.3, 0.4) is 0 Å². The highest BCUT2D eigenvalue weighted by Gasteiger charge is 2.76. The van der Waals surface area contributed by atoms with Crippen LogP contribution in [0.5, 0.6) is 0 Å². The van der Waals surface area contributed by atoms with Crippen molar-refractivity contribution < 1.29 is 53.6 Å². The quantitative estimate of drug-likeness (QED) is 0.410. The number of fused-ring (bicyclic) bond motifs is 1. The SMILES string of the molecule is CC1CC2CC(C)(C(=O)OC(CS(=O)(=O)O)(C(F)(F)F)C(F)(F)F)CC2C1=O. The zero-order valence-corrected chi connectivity index (χ0v) is 15.5. The molecule has 2 aliphatic carbocycles. The Labute approximate surface area is 156 Å². The predicted octanol–water partition coefficient (Wildman–Crippen LogP) is 2.92. The summed E-state index contributed by atoms with van der Waals surface area (Å²) in [4.78, 5) is 24.4. The Morgan fingerprint density at radius 1 is 1.18 bits per heavy atom. The fraction of sp³-hybridized carbons (Fsp3) is 0.867. The number of hydrogen-bond acceptors (Lipinski definition) is 5. The zero-order valence-electron chi connectivity index (χ0n) is 14.7. The third-order valence-corrected chi connectivity index (χ3v) is 6.29. The molecule has 4 atom stereocenters. The van der Waals surface area contributed by atoms with Crippen LogP contribution in [-0.4, -0.2) is 48.4 Å². The monoisotopic (exact) mass is 440 g/mol. The van der Waals surface area contributed by atoms with Crippen LogP contribution in [0.2, 0.25) is 0 Å². The average Bonchev–Trinajstić information content (AvgIpc) is 2.91. The normalized spacial score (nSPS) is 31.8. The summed E-state index contributed by atoms with van der Waals surface area (Å²) < 4.78 is 114. The van der Waals surface area contributed by atoms with E-state index in [1.165, 1.54) is 0 Å². The van der Waals surface area contributed by atoms with Gasteiger partial charge in [0.25, 0.3) is 10.1 Å². The molecule has 0 heterocycles.